The number of amides is 2. The Hall–Kier alpha value is -2.78. The molecular formula is C22H26N4O4S. The largest absolute Gasteiger partial charge is 0.309 e. The summed E-state index contributed by atoms with van der Waals surface area (Å²) < 4.78 is 27.4. The van der Waals surface area contributed by atoms with Gasteiger partial charge in [-0.3, -0.25) is 9.59 Å². The van der Waals surface area contributed by atoms with Gasteiger partial charge in [0.15, 0.2) is 0 Å². The van der Waals surface area contributed by atoms with Crippen molar-refractivity contribution in [1.29, 1.82) is 0 Å². The molecule has 1 aromatic carbocycles. The third kappa shape index (κ3) is 3.72. The molecule has 0 atom stereocenters. The molecular weight excluding hydrogens is 416 g/mol. The monoisotopic (exact) mass is 442 g/mol. The number of anilines is 2. The number of carbonyl (C=O) groups excluding carboxylic acids is 2. The van der Waals surface area contributed by atoms with Crippen molar-refractivity contribution in [3.8, 4) is 0 Å². The van der Waals surface area contributed by atoms with Crippen molar-refractivity contribution in [1.82, 2.24) is 9.29 Å². The second-order valence-corrected chi connectivity index (χ2v) is 10.5. The van der Waals surface area contributed by atoms with E-state index in [0.29, 0.717) is 30.2 Å². The number of fused-ring (bicyclic) bond motifs is 1. The van der Waals surface area contributed by atoms with Gasteiger partial charge in [0, 0.05) is 25.0 Å². The molecule has 2 amide bonds. The molecule has 9 heteroatoms. The number of nitrogens with one attached hydrogen (secondary N) is 1. The first-order valence-electron chi connectivity index (χ1n) is 10.3. The SMILES string of the molecule is Cc1cccnc1NC(=O)CN1C(=O)C(C)(C)c2cc(S(=O)(=O)N3CCCC3)ccc21. The number of benzene rings is 1. The fourth-order valence-electron chi connectivity index (χ4n) is 4.14. The summed E-state index contributed by atoms with van der Waals surface area (Å²) in [5.74, 6) is -0.163. The number of carbonyl (C=O) groups is 2. The molecule has 2 aromatic rings. The summed E-state index contributed by atoms with van der Waals surface area (Å²) in [7, 11) is -3.60. The van der Waals surface area contributed by atoms with Crippen LogP contribution in [0, 0.1) is 6.92 Å². The third-order valence-corrected chi connectivity index (χ3v) is 7.88. The van der Waals surface area contributed by atoms with Crippen molar-refractivity contribution >= 4 is 33.3 Å². The fraction of sp³-hybridized carbons (Fsp3) is 0.409. The van der Waals surface area contributed by atoms with Crippen molar-refractivity contribution in [2.24, 2.45) is 0 Å². The van der Waals surface area contributed by atoms with Crippen molar-refractivity contribution in [2.45, 2.75) is 43.9 Å². The highest BCUT2D eigenvalue weighted by molar-refractivity contribution is 7.89. The summed E-state index contributed by atoms with van der Waals surface area (Å²) in [5, 5.41) is 2.74. The Labute approximate surface area is 182 Å². The van der Waals surface area contributed by atoms with E-state index in [2.05, 4.69) is 10.3 Å². The van der Waals surface area contributed by atoms with Gasteiger partial charge in [-0.1, -0.05) is 6.07 Å². The minimum atomic E-state index is -3.60. The Kier molecular flexibility index (Phi) is 5.35. The third-order valence-electron chi connectivity index (χ3n) is 5.98. The van der Waals surface area contributed by atoms with Crippen molar-refractivity contribution < 1.29 is 18.0 Å². The number of rotatable bonds is 5. The van der Waals surface area contributed by atoms with Gasteiger partial charge in [0.05, 0.1) is 10.3 Å². The molecule has 8 nitrogen and oxygen atoms in total. The quantitative estimate of drug-likeness (QED) is 0.767. The van der Waals surface area contributed by atoms with E-state index in [1.807, 2.05) is 13.0 Å². The molecule has 2 aliphatic heterocycles. The number of aromatic nitrogens is 1. The maximum atomic E-state index is 13.1. The first kappa shape index (κ1) is 21.5. The molecule has 1 N–H and O–H groups in total. The van der Waals surface area contributed by atoms with E-state index in [1.54, 1.807) is 38.2 Å². The molecule has 0 bridgehead atoms. The highest BCUT2D eigenvalue weighted by Crippen LogP contribution is 2.42. The predicted molar refractivity (Wildman–Crippen MR) is 117 cm³/mol. The van der Waals surface area contributed by atoms with Crippen LogP contribution in [0.2, 0.25) is 0 Å². The van der Waals surface area contributed by atoms with E-state index in [0.717, 1.165) is 18.4 Å². The minimum absolute atomic E-state index is 0.177. The standard InChI is InChI=1S/C22H26N4O4S/c1-15-7-6-10-23-20(15)24-19(27)14-26-18-9-8-16(13-17(18)22(2,3)21(26)28)31(29,30)25-11-4-5-12-25/h6-10,13H,4-5,11-12,14H2,1-3H3,(H,23,24,27). The van der Waals surface area contributed by atoms with Gasteiger partial charge in [0.1, 0.15) is 12.4 Å². The zero-order valence-corrected chi connectivity index (χ0v) is 18.7. The highest BCUT2D eigenvalue weighted by Gasteiger charge is 2.45. The average Bonchev–Trinajstić information content (AvgIpc) is 3.33. The fourth-order valence-corrected chi connectivity index (χ4v) is 5.68. The van der Waals surface area contributed by atoms with Crippen LogP contribution in [0.1, 0.15) is 37.8 Å². The molecule has 4 rings (SSSR count). The van der Waals surface area contributed by atoms with Crippen LogP contribution < -0.4 is 10.2 Å². The van der Waals surface area contributed by atoms with Gasteiger partial charge in [-0.2, -0.15) is 4.31 Å². The first-order chi connectivity index (χ1) is 14.6. The Balaban J connectivity index is 1.62. The number of hydrogen-bond acceptors (Lipinski definition) is 5. The molecule has 0 radical (unpaired) electrons. The predicted octanol–water partition coefficient (Wildman–Crippen LogP) is 2.44. The maximum absolute atomic E-state index is 13.1. The molecule has 0 saturated carbocycles. The number of hydrogen-bond donors (Lipinski definition) is 1. The Morgan fingerprint density at radius 3 is 2.58 bits per heavy atom. The molecule has 31 heavy (non-hydrogen) atoms. The van der Waals surface area contributed by atoms with Crippen LogP contribution in [0.15, 0.2) is 41.4 Å². The molecule has 1 saturated heterocycles. The molecule has 0 spiro atoms. The van der Waals surface area contributed by atoms with Gasteiger partial charge in [-0.05, 0) is 69.0 Å². The lowest BCUT2D eigenvalue weighted by molar-refractivity contribution is -0.124. The molecule has 2 aliphatic rings. The van der Waals surface area contributed by atoms with Crippen molar-refractivity contribution in [2.75, 3.05) is 29.9 Å². The summed E-state index contributed by atoms with van der Waals surface area (Å²) in [5.41, 5.74) is 1.05. The second kappa shape index (κ2) is 7.72. The maximum Gasteiger partial charge on any atom is 0.245 e. The van der Waals surface area contributed by atoms with Crippen LogP contribution >= 0.6 is 0 Å². The van der Waals surface area contributed by atoms with E-state index >= 15 is 0 Å². The average molecular weight is 443 g/mol. The zero-order valence-electron chi connectivity index (χ0n) is 17.9. The summed E-state index contributed by atoms with van der Waals surface area (Å²) in [6.07, 6.45) is 3.30. The van der Waals surface area contributed by atoms with E-state index in [9.17, 15) is 18.0 Å². The molecule has 1 aromatic heterocycles. The normalized spacial score (nSPS) is 18.3. The Morgan fingerprint density at radius 2 is 1.90 bits per heavy atom. The van der Waals surface area contributed by atoms with Crippen LogP contribution in [-0.2, 0) is 25.0 Å². The van der Waals surface area contributed by atoms with E-state index < -0.39 is 15.4 Å². The minimum Gasteiger partial charge on any atom is -0.309 e. The molecule has 164 valence electrons. The summed E-state index contributed by atoms with van der Waals surface area (Å²) >= 11 is 0. The van der Waals surface area contributed by atoms with Gasteiger partial charge < -0.3 is 10.2 Å². The molecule has 3 heterocycles. The van der Waals surface area contributed by atoms with Gasteiger partial charge in [0.25, 0.3) is 0 Å². The Bertz CT molecular complexity index is 1150. The zero-order chi connectivity index (χ0) is 22.4. The number of nitrogens with zero attached hydrogens (tertiary/aromatic N) is 3. The second-order valence-electron chi connectivity index (χ2n) is 8.52. The van der Waals surface area contributed by atoms with Crippen LogP contribution in [0.5, 0.6) is 0 Å². The van der Waals surface area contributed by atoms with Gasteiger partial charge in [-0.15, -0.1) is 0 Å². The van der Waals surface area contributed by atoms with E-state index in [1.165, 1.54) is 15.3 Å². The van der Waals surface area contributed by atoms with Crippen LogP contribution in [-0.4, -0.2) is 49.2 Å². The van der Waals surface area contributed by atoms with Crippen molar-refractivity contribution in [3.63, 3.8) is 0 Å². The number of pyridine rings is 1. The molecule has 0 aliphatic carbocycles. The first-order valence-corrected chi connectivity index (χ1v) is 11.7. The van der Waals surface area contributed by atoms with E-state index in [-0.39, 0.29) is 23.3 Å². The van der Waals surface area contributed by atoms with Crippen LogP contribution in [0.4, 0.5) is 11.5 Å². The summed E-state index contributed by atoms with van der Waals surface area (Å²) in [6.45, 7) is 6.19. The van der Waals surface area contributed by atoms with Gasteiger partial charge in [-0.25, -0.2) is 13.4 Å². The number of sulfonamides is 1. The van der Waals surface area contributed by atoms with Gasteiger partial charge >= 0.3 is 0 Å². The van der Waals surface area contributed by atoms with E-state index in [4.69, 9.17) is 0 Å². The molecule has 0 unspecified atom stereocenters. The topological polar surface area (TPSA) is 99.7 Å². The number of aryl methyl sites for hydroxylation is 1. The molecule has 1 fully saturated rings. The van der Waals surface area contributed by atoms with Crippen LogP contribution in [0.25, 0.3) is 0 Å². The van der Waals surface area contributed by atoms with Crippen LogP contribution in [0.3, 0.4) is 0 Å². The smallest absolute Gasteiger partial charge is 0.245 e. The summed E-state index contributed by atoms with van der Waals surface area (Å²) in [6, 6.07) is 8.35. The van der Waals surface area contributed by atoms with Gasteiger partial charge in [0.2, 0.25) is 21.8 Å². The lowest BCUT2D eigenvalue weighted by Gasteiger charge is -2.20. The Morgan fingerprint density at radius 1 is 1.19 bits per heavy atom. The lowest BCUT2D eigenvalue weighted by Crippen LogP contribution is -2.40. The summed E-state index contributed by atoms with van der Waals surface area (Å²) in [4.78, 5) is 31.5. The highest BCUT2D eigenvalue weighted by atomic mass is 32.2. The lowest BCUT2D eigenvalue weighted by atomic mass is 9.86. The van der Waals surface area contributed by atoms with Crippen molar-refractivity contribution in [3.05, 3.63) is 47.7 Å².